The zero-order chi connectivity index (χ0) is 21.3. The van der Waals surface area contributed by atoms with Crippen molar-refractivity contribution in [1.29, 1.82) is 0 Å². The lowest BCUT2D eigenvalue weighted by atomic mass is 10.1. The molecule has 0 aliphatic rings. The molecule has 7 nitrogen and oxygen atoms in total. The average Bonchev–Trinajstić information content (AvgIpc) is 2.69. The van der Waals surface area contributed by atoms with Gasteiger partial charge in [0.1, 0.15) is 11.6 Å². The molecular weight excluding hydrogens is 395 g/mol. The lowest BCUT2D eigenvalue weighted by Crippen LogP contribution is -2.40. The molecule has 0 heterocycles. The van der Waals surface area contributed by atoms with Crippen molar-refractivity contribution in [1.82, 2.24) is 10.6 Å². The second-order valence-corrected chi connectivity index (χ2v) is 8.21. The lowest BCUT2D eigenvalue weighted by Gasteiger charge is -2.14. The normalized spacial score (nSPS) is 11.8. The number of anilines is 1. The third-order valence-corrected chi connectivity index (χ3v) is 5.50. The highest BCUT2D eigenvalue weighted by molar-refractivity contribution is 7.92. The summed E-state index contributed by atoms with van der Waals surface area (Å²) in [6, 6.07) is 12.0. The highest BCUT2D eigenvalue weighted by Crippen LogP contribution is 2.17. The van der Waals surface area contributed by atoms with Gasteiger partial charge in [-0.05, 0) is 42.7 Å². The van der Waals surface area contributed by atoms with Gasteiger partial charge >= 0.3 is 0 Å². The van der Waals surface area contributed by atoms with E-state index in [0.717, 1.165) is 17.7 Å². The fraction of sp³-hybridized carbons (Fsp3) is 0.350. The van der Waals surface area contributed by atoms with Crippen LogP contribution in [0.1, 0.15) is 11.1 Å². The summed E-state index contributed by atoms with van der Waals surface area (Å²) < 4.78 is 45.6. The number of guanidine groups is 1. The van der Waals surface area contributed by atoms with Crippen molar-refractivity contribution < 1.29 is 17.5 Å². The standard InChI is InChI=1S/C20H27FN4O3S/c1-15-8-9-17(14-18(15)21)25-29(26,27)13-12-24-20(22-2)23-11-10-16-6-4-5-7-19(16)28-3/h4-9,14,25H,10-13H2,1-3H3,(H2,22,23,24). The second kappa shape index (κ2) is 10.7. The summed E-state index contributed by atoms with van der Waals surface area (Å²) >= 11 is 0. The van der Waals surface area contributed by atoms with E-state index < -0.39 is 15.8 Å². The summed E-state index contributed by atoms with van der Waals surface area (Å²) in [4.78, 5) is 4.09. The quantitative estimate of drug-likeness (QED) is 0.426. The molecule has 0 atom stereocenters. The van der Waals surface area contributed by atoms with Gasteiger partial charge in [-0.2, -0.15) is 0 Å². The van der Waals surface area contributed by atoms with Crippen molar-refractivity contribution in [3.8, 4) is 5.75 Å². The van der Waals surface area contributed by atoms with Gasteiger partial charge in [0.2, 0.25) is 10.0 Å². The van der Waals surface area contributed by atoms with Crippen LogP contribution in [0.3, 0.4) is 0 Å². The molecule has 2 rings (SSSR count). The smallest absolute Gasteiger partial charge is 0.234 e. The van der Waals surface area contributed by atoms with Gasteiger partial charge in [-0.15, -0.1) is 0 Å². The van der Waals surface area contributed by atoms with Crippen LogP contribution in [-0.2, 0) is 16.4 Å². The van der Waals surface area contributed by atoms with E-state index in [-0.39, 0.29) is 18.0 Å². The number of halogens is 1. The number of methoxy groups -OCH3 is 1. The number of hydrogen-bond acceptors (Lipinski definition) is 4. The number of benzene rings is 2. The summed E-state index contributed by atoms with van der Waals surface area (Å²) in [5.41, 5.74) is 1.72. The molecule has 0 fully saturated rings. The Bertz CT molecular complexity index is 948. The Morgan fingerprint density at radius 3 is 2.55 bits per heavy atom. The van der Waals surface area contributed by atoms with Gasteiger partial charge in [0.15, 0.2) is 5.96 Å². The molecule has 2 aromatic rings. The fourth-order valence-electron chi connectivity index (χ4n) is 2.64. The number of nitrogens with zero attached hydrogens (tertiary/aromatic N) is 1. The molecule has 0 aliphatic heterocycles. The highest BCUT2D eigenvalue weighted by Gasteiger charge is 2.12. The van der Waals surface area contributed by atoms with Crippen LogP contribution in [0.25, 0.3) is 0 Å². The molecule has 0 saturated carbocycles. The van der Waals surface area contributed by atoms with Crippen LogP contribution in [0, 0.1) is 12.7 Å². The number of aryl methyl sites for hydroxylation is 1. The van der Waals surface area contributed by atoms with Crippen molar-refractivity contribution >= 4 is 21.7 Å². The van der Waals surface area contributed by atoms with Crippen LogP contribution >= 0.6 is 0 Å². The lowest BCUT2D eigenvalue weighted by molar-refractivity contribution is 0.409. The summed E-state index contributed by atoms with van der Waals surface area (Å²) in [6.07, 6.45) is 0.726. The van der Waals surface area contributed by atoms with Crippen molar-refractivity contribution in [2.45, 2.75) is 13.3 Å². The molecule has 0 aliphatic carbocycles. The Morgan fingerprint density at radius 2 is 1.86 bits per heavy atom. The molecule has 3 N–H and O–H groups in total. The minimum absolute atomic E-state index is 0.151. The Balaban J connectivity index is 1.79. The van der Waals surface area contributed by atoms with Crippen molar-refractivity contribution in [2.75, 3.05) is 37.7 Å². The number of sulfonamides is 1. The van der Waals surface area contributed by atoms with Crippen molar-refractivity contribution in [3.63, 3.8) is 0 Å². The Hall–Kier alpha value is -2.81. The highest BCUT2D eigenvalue weighted by atomic mass is 32.2. The fourth-order valence-corrected chi connectivity index (χ4v) is 3.60. The Labute approximate surface area is 171 Å². The predicted molar refractivity (Wildman–Crippen MR) is 115 cm³/mol. The molecule has 0 unspecified atom stereocenters. The van der Waals surface area contributed by atoms with Gasteiger partial charge in [-0.1, -0.05) is 24.3 Å². The van der Waals surface area contributed by atoms with Crippen LogP contribution in [0.5, 0.6) is 5.75 Å². The van der Waals surface area contributed by atoms with E-state index in [1.807, 2.05) is 24.3 Å². The number of aliphatic imine (C=N–C) groups is 1. The molecule has 0 saturated heterocycles. The van der Waals surface area contributed by atoms with Crippen LogP contribution in [-0.4, -0.2) is 47.4 Å². The Kier molecular flexibility index (Phi) is 8.26. The van der Waals surface area contributed by atoms with Crippen LogP contribution in [0.2, 0.25) is 0 Å². The molecular formula is C20H27FN4O3S. The van der Waals surface area contributed by atoms with E-state index in [4.69, 9.17) is 4.74 Å². The average molecular weight is 423 g/mol. The maximum absolute atomic E-state index is 13.6. The van der Waals surface area contributed by atoms with Crippen LogP contribution in [0.4, 0.5) is 10.1 Å². The molecule has 9 heteroatoms. The summed E-state index contributed by atoms with van der Waals surface area (Å²) in [6.45, 7) is 2.37. The Morgan fingerprint density at radius 1 is 1.14 bits per heavy atom. The summed E-state index contributed by atoms with van der Waals surface area (Å²) in [5.74, 6) is 0.678. The first-order valence-corrected chi connectivity index (χ1v) is 10.8. The topological polar surface area (TPSA) is 91.8 Å². The SMILES string of the molecule is CN=C(NCCc1ccccc1OC)NCCS(=O)(=O)Nc1ccc(C)c(F)c1. The largest absolute Gasteiger partial charge is 0.496 e. The molecule has 158 valence electrons. The number of ether oxygens (including phenoxy) is 1. The minimum atomic E-state index is -3.62. The van der Waals surface area contributed by atoms with E-state index in [1.165, 1.54) is 18.2 Å². The zero-order valence-corrected chi connectivity index (χ0v) is 17.6. The molecule has 2 aromatic carbocycles. The third-order valence-electron chi connectivity index (χ3n) is 4.21. The third kappa shape index (κ3) is 7.26. The molecule has 29 heavy (non-hydrogen) atoms. The van der Waals surface area contributed by atoms with Gasteiger partial charge in [-0.25, -0.2) is 12.8 Å². The zero-order valence-electron chi connectivity index (χ0n) is 16.8. The number of para-hydroxylation sites is 1. The van der Waals surface area contributed by atoms with E-state index in [2.05, 4.69) is 20.3 Å². The molecule has 0 amide bonds. The van der Waals surface area contributed by atoms with E-state index in [9.17, 15) is 12.8 Å². The van der Waals surface area contributed by atoms with Gasteiger partial charge in [0, 0.05) is 20.1 Å². The second-order valence-electron chi connectivity index (χ2n) is 6.37. The van der Waals surface area contributed by atoms with E-state index in [1.54, 1.807) is 21.1 Å². The van der Waals surface area contributed by atoms with E-state index in [0.29, 0.717) is 18.1 Å². The first kappa shape index (κ1) is 22.5. The van der Waals surface area contributed by atoms with Crippen LogP contribution in [0.15, 0.2) is 47.5 Å². The molecule has 0 bridgehead atoms. The van der Waals surface area contributed by atoms with Gasteiger partial charge in [0.25, 0.3) is 0 Å². The number of hydrogen-bond donors (Lipinski definition) is 3. The number of nitrogens with one attached hydrogen (secondary N) is 3. The van der Waals surface area contributed by atoms with E-state index >= 15 is 0 Å². The maximum atomic E-state index is 13.6. The first-order chi connectivity index (χ1) is 13.8. The molecule has 0 spiro atoms. The maximum Gasteiger partial charge on any atom is 0.234 e. The van der Waals surface area contributed by atoms with Gasteiger partial charge in [0.05, 0.1) is 18.6 Å². The van der Waals surface area contributed by atoms with Crippen molar-refractivity contribution in [3.05, 3.63) is 59.4 Å². The number of rotatable bonds is 9. The van der Waals surface area contributed by atoms with Crippen LogP contribution < -0.4 is 20.1 Å². The predicted octanol–water partition coefficient (Wildman–Crippen LogP) is 2.29. The summed E-state index contributed by atoms with van der Waals surface area (Å²) in [5, 5.41) is 6.10. The minimum Gasteiger partial charge on any atom is -0.496 e. The van der Waals surface area contributed by atoms with Gasteiger partial charge < -0.3 is 15.4 Å². The molecule has 0 aromatic heterocycles. The monoisotopic (exact) mass is 422 g/mol. The molecule has 0 radical (unpaired) electrons. The van der Waals surface area contributed by atoms with Gasteiger partial charge in [-0.3, -0.25) is 9.71 Å². The summed E-state index contributed by atoms with van der Waals surface area (Å²) in [7, 11) is -0.377. The van der Waals surface area contributed by atoms with Crippen molar-refractivity contribution in [2.24, 2.45) is 4.99 Å². The first-order valence-electron chi connectivity index (χ1n) is 9.17.